The first-order chi connectivity index (χ1) is 8.08. The van der Waals surface area contributed by atoms with E-state index in [0.717, 1.165) is 0 Å². The Bertz CT molecular complexity index is 619. The van der Waals surface area contributed by atoms with E-state index in [1.165, 1.54) is 29.2 Å². The molecule has 2 rings (SSSR count). The summed E-state index contributed by atoms with van der Waals surface area (Å²) in [6.07, 6.45) is 2.71. The fourth-order valence-corrected chi connectivity index (χ4v) is 1.60. The second-order valence-corrected chi connectivity index (χ2v) is 4.03. The lowest BCUT2D eigenvalue weighted by molar-refractivity contribution is -0.402. The number of hydrogen-bond donors (Lipinski definition) is 0. The zero-order valence-electron chi connectivity index (χ0n) is 8.37. The Labute approximate surface area is 103 Å². The summed E-state index contributed by atoms with van der Waals surface area (Å²) in [4.78, 5) is 25.2. The SMILES string of the molecule is O=c1c(Br)cncn1Cc1ccc([N+](=O)[O-])o1. The molecule has 0 saturated carbocycles. The average Bonchev–Trinajstić information content (AvgIpc) is 2.73. The molecule has 8 heteroatoms. The molecule has 2 heterocycles. The van der Waals surface area contributed by atoms with Crippen LogP contribution in [0.2, 0.25) is 0 Å². The Morgan fingerprint density at radius 2 is 2.29 bits per heavy atom. The van der Waals surface area contributed by atoms with Crippen molar-refractivity contribution in [3.63, 3.8) is 0 Å². The summed E-state index contributed by atoms with van der Waals surface area (Å²) in [5.41, 5.74) is -0.279. The first kappa shape index (κ1) is 11.5. The van der Waals surface area contributed by atoms with Crippen molar-refractivity contribution in [3.8, 4) is 0 Å². The normalized spacial score (nSPS) is 10.4. The molecule has 17 heavy (non-hydrogen) atoms. The van der Waals surface area contributed by atoms with Crippen LogP contribution in [0.5, 0.6) is 0 Å². The quantitative estimate of drug-likeness (QED) is 0.633. The van der Waals surface area contributed by atoms with Gasteiger partial charge in [0.2, 0.25) is 0 Å². The minimum Gasteiger partial charge on any atom is -0.404 e. The van der Waals surface area contributed by atoms with Gasteiger partial charge in [0.15, 0.2) is 0 Å². The van der Waals surface area contributed by atoms with E-state index in [9.17, 15) is 14.9 Å². The third-order valence-corrected chi connectivity index (χ3v) is 2.56. The Kier molecular flexibility index (Phi) is 3.05. The molecule has 0 amide bonds. The van der Waals surface area contributed by atoms with Gasteiger partial charge in [0.05, 0.1) is 18.9 Å². The van der Waals surface area contributed by atoms with Gasteiger partial charge in [-0.2, -0.15) is 0 Å². The molecule has 0 fully saturated rings. The molecule has 0 aliphatic rings. The molecular weight excluding hydrogens is 294 g/mol. The van der Waals surface area contributed by atoms with Crippen molar-refractivity contribution < 1.29 is 9.34 Å². The summed E-state index contributed by atoms with van der Waals surface area (Å²) in [6.45, 7) is 0.0963. The van der Waals surface area contributed by atoms with Crippen LogP contribution in [0, 0.1) is 10.1 Å². The van der Waals surface area contributed by atoms with Gasteiger partial charge in [0.1, 0.15) is 15.2 Å². The number of nitro groups is 1. The van der Waals surface area contributed by atoms with Crippen molar-refractivity contribution in [2.24, 2.45) is 0 Å². The predicted molar refractivity (Wildman–Crippen MR) is 60.7 cm³/mol. The van der Waals surface area contributed by atoms with Crippen LogP contribution < -0.4 is 5.56 Å². The van der Waals surface area contributed by atoms with Crippen molar-refractivity contribution in [1.82, 2.24) is 9.55 Å². The van der Waals surface area contributed by atoms with Crippen LogP contribution in [0.4, 0.5) is 5.88 Å². The number of furan rings is 1. The smallest absolute Gasteiger partial charge is 0.404 e. The lowest BCUT2D eigenvalue weighted by Crippen LogP contribution is -2.20. The van der Waals surface area contributed by atoms with Crippen molar-refractivity contribution in [2.75, 3.05) is 0 Å². The van der Waals surface area contributed by atoms with Crippen LogP contribution in [-0.4, -0.2) is 14.5 Å². The minimum absolute atomic E-state index is 0.0963. The Morgan fingerprint density at radius 3 is 2.94 bits per heavy atom. The summed E-state index contributed by atoms with van der Waals surface area (Å²) in [5.74, 6) is -0.0327. The first-order valence-electron chi connectivity index (χ1n) is 4.51. The molecule has 2 aromatic rings. The van der Waals surface area contributed by atoms with Gasteiger partial charge in [-0.15, -0.1) is 0 Å². The van der Waals surface area contributed by atoms with Gasteiger partial charge in [-0.05, 0) is 22.0 Å². The number of hydrogen-bond acceptors (Lipinski definition) is 5. The van der Waals surface area contributed by atoms with E-state index in [4.69, 9.17) is 4.42 Å². The van der Waals surface area contributed by atoms with Crippen molar-refractivity contribution >= 4 is 21.8 Å². The maximum absolute atomic E-state index is 11.6. The van der Waals surface area contributed by atoms with Gasteiger partial charge in [-0.3, -0.25) is 19.5 Å². The summed E-state index contributed by atoms with van der Waals surface area (Å²) in [7, 11) is 0. The van der Waals surface area contributed by atoms with Gasteiger partial charge >= 0.3 is 5.88 Å². The highest BCUT2D eigenvalue weighted by molar-refractivity contribution is 9.10. The first-order valence-corrected chi connectivity index (χ1v) is 5.30. The molecule has 0 aromatic carbocycles. The topological polar surface area (TPSA) is 91.2 Å². The average molecular weight is 300 g/mol. The Morgan fingerprint density at radius 1 is 1.53 bits per heavy atom. The molecule has 0 unspecified atom stereocenters. The van der Waals surface area contributed by atoms with Crippen LogP contribution in [0.15, 0.2) is 38.3 Å². The number of halogens is 1. The molecule has 88 valence electrons. The summed E-state index contributed by atoms with van der Waals surface area (Å²) < 4.78 is 6.55. The van der Waals surface area contributed by atoms with E-state index in [1.54, 1.807) is 0 Å². The van der Waals surface area contributed by atoms with E-state index in [1.807, 2.05) is 0 Å². The number of nitrogens with zero attached hydrogens (tertiary/aromatic N) is 3. The van der Waals surface area contributed by atoms with E-state index in [0.29, 0.717) is 10.2 Å². The van der Waals surface area contributed by atoms with Gasteiger partial charge in [-0.1, -0.05) is 0 Å². The van der Waals surface area contributed by atoms with Gasteiger partial charge in [-0.25, -0.2) is 4.98 Å². The molecule has 0 radical (unpaired) electrons. The highest BCUT2D eigenvalue weighted by Gasteiger charge is 2.12. The molecule has 0 N–H and O–H groups in total. The highest BCUT2D eigenvalue weighted by Crippen LogP contribution is 2.16. The lowest BCUT2D eigenvalue weighted by Gasteiger charge is -2.01. The molecule has 0 spiro atoms. The zero-order chi connectivity index (χ0) is 12.4. The Hall–Kier alpha value is -1.96. The Balaban J connectivity index is 2.28. The molecule has 0 aliphatic carbocycles. The molecular formula is C9H6BrN3O4. The molecule has 7 nitrogen and oxygen atoms in total. The standard InChI is InChI=1S/C9H6BrN3O4/c10-7-3-11-5-12(9(7)14)4-6-1-2-8(17-6)13(15)16/h1-3,5H,4H2. The molecule has 0 atom stereocenters. The zero-order valence-corrected chi connectivity index (χ0v) is 9.96. The summed E-state index contributed by atoms with van der Waals surface area (Å²) >= 11 is 3.05. The highest BCUT2D eigenvalue weighted by atomic mass is 79.9. The van der Waals surface area contributed by atoms with Crippen LogP contribution in [0.25, 0.3) is 0 Å². The van der Waals surface area contributed by atoms with Gasteiger partial charge in [0, 0.05) is 6.20 Å². The van der Waals surface area contributed by atoms with Crippen molar-refractivity contribution in [2.45, 2.75) is 6.54 Å². The summed E-state index contributed by atoms with van der Waals surface area (Å²) in [6, 6.07) is 2.69. The van der Waals surface area contributed by atoms with Crippen molar-refractivity contribution in [1.29, 1.82) is 0 Å². The second-order valence-electron chi connectivity index (χ2n) is 3.17. The largest absolute Gasteiger partial charge is 0.433 e. The fourth-order valence-electron chi connectivity index (χ4n) is 1.25. The van der Waals surface area contributed by atoms with Gasteiger partial charge < -0.3 is 4.42 Å². The molecule has 0 aliphatic heterocycles. The predicted octanol–water partition coefficient (Wildman–Crippen LogP) is 1.56. The molecule has 2 aromatic heterocycles. The van der Waals surface area contributed by atoms with Crippen LogP contribution in [0.1, 0.15) is 5.76 Å². The van der Waals surface area contributed by atoms with Crippen LogP contribution in [-0.2, 0) is 6.54 Å². The molecule has 0 saturated heterocycles. The second kappa shape index (κ2) is 4.50. The summed E-state index contributed by atoms with van der Waals surface area (Å²) in [5, 5.41) is 10.4. The monoisotopic (exact) mass is 299 g/mol. The fraction of sp³-hybridized carbons (Fsp3) is 0.111. The van der Waals surface area contributed by atoms with Crippen molar-refractivity contribution in [3.05, 3.63) is 55.4 Å². The van der Waals surface area contributed by atoms with E-state index in [2.05, 4.69) is 20.9 Å². The van der Waals surface area contributed by atoms with Crippen LogP contribution >= 0.6 is 15.9 Å². The third-order valence-electron chi connectivity index (χ3n) is 2.01. The molecule has 0 bridgehead atoms. The lowest BCUT2D eigenvalue weighted by atomic mass is 10.4. The van der Waals surface area contributed by atoms with E-state index >= 15 is 0 Å². The number of rotatable bonds is 3. The number of aromatic nitrogens is 2. The van der Waals surface area contributed by atoms with E-state index < -0.39 is 4.92 Å². The minimum atomic E-state index is -0.633. The maximum atomic E-state index is 11.6. The maximum Gasteiger partial charge on any atom is 0.433 e. The van der Waals surface area contributed by atoms with E-state index in [-0.39, 0.29) is 18.0 Å². The van der Waals surface area contributed by atoms with Crippen LogP contribution in [0.3, 0.4) is 0 Å². The van der Waals surface area contributed by atoms with Gasteiger partial charge in [0.25, 0.3) is 5.56 Å². The third kappa shape index (κ3) is 2.41.